The molecule has 1 aliphatic heterocycles. The lowest BCUT2D eigenvalue weighted by Crippen LogP contribution is -2.22. The molecular weight excluding hydrogens is 254 g/mol. The number of rotatable bonds is 4. The van der Waals surface area contributed by atoms with Gasteiger partial charge in [0.05, 0.1) is 31.4 Å². The van der Waals surface area contributed by atoms with Crippen molar-refractivity contribution in [3.8, 4) is 0 Å². The van der Waals surface area contributed by atoms with Gasteiger partial charge in [0.15, 0.2) is 0 Å². The van der Waals surface area contributed by atoms with E-state index in [0.29, 0.717) is 5.92 Å². The van der Waals surface area contributed by atoms with Crippen molar-refractivity contribution in [2.75, 3.05) is 13.2 Å². The number of ether oxygens (including phenoxy) is 1. The highest BCUT2D eigenvalue weighted by Crippen LogP contribution is 2.15. The molecule has 1 fully saturated rings. The average Bonchev–Trinajstić information content (AvgIpc) is 3.02. The monoisotopic (exact) mass is 275 g/mol. The predicted molar refractivity (Wildman–Crippen MR) is 74.4 cm³/mol. The molecule has 0 saturated carbocycles. The summed E-state index contributed by atoms with van der Waals surface area (Å²) in [5.41, 5.74) is 3.22. The van der Waals surface area contributed by atoms with Gasteiger partial charge in [0.25, 0.3) is 0 Å². The molecule has 2 aromatic rings. The largest absolute Gasteiger partial charge is 0.381 e. The van der Waals surface area contributed by atoms with Gasteiger partial charge in [-0.05, 0) is 26.7 Å². The molecule has 2 aromatic heterocycles. The van der Waals surface area contributed by atoms with Crippen molar-refractivity contribution < 1.29 is 4.74 Å². The van der Waals surface area contributed by atoms with Gasteiger partial charge in [-0.25, -0.2) is 4.98 Å². The molecule has 0 radical (unpaired) electrons. The first-order valence-corrected chi connectivity index (χ1v) is 7.17. The molecule has 3 rings (SSSR count). The SMILES string of the molecule is Cc1ncn(Cc2cn(CC3CCCOC3)nn2)c1C. The van der Waals surface area contributed by atoms with E-state index in [1.807, 2.05) is 24.1 Å². The molecule has 0 amide bonds. The molecule has 20 heavy (non-hydrogen) atoms. The first-order valence-electron chi connectivity index (χ1n) is 7.17. The summed E-state index contributed by atoms with van der Waals surface area (Å²) in [5.74, 6) is 0.565. The van der Waals surface area contributed by atoms with Crippen LogP contribution in [0.3, 0.4) is 0 Å². The Morgan fingerprint density at radius 2 is 2.30 bits per heavy atom. The van der Waals surface area contributed by atoms with Crippen molar-refractivity contribution in [2.45, 2.75) is 39.8 Å². The standard InChI is InChI=1S/C14H21N5O/c1-11-12(2)18(10-15-11)7-14-8-19(17-16-14)6-13-4-3-5-20-9-13/h8,10,13H,3-7,9H2,1-2H3. The highest BCUT2D eigenvalue weighted by atomic mass is 16.5. The van der Waals surface area contributed by atoms with Gasteiger partial charge in [-0.2, -0.15) is 0 Å². The van der Waals surface area contributed by atoms with E-state index in [9.17, 15) is 0 Å². The van der Waals surface area contributed by atoms with E-state index in [1.165, 1.54) is 12.1 Å². The third-order valence-corrected chi connectivity index (χ3v) is 3.96. The molecule has 6 nitrogen and oxygen atoms in total. The number of nitrogens with zero attached hydrogens (tertiary/aromatic N) is 5. The first kappa shape index (κ1) is 13.3. The van der Waals surface area contributed by atoms with Crippen molar-refractivity contribution in [3.63, 3.8) is 0 Å². The Morgan fingerprint density at radius 1 is 1.40 bits per heavy atom. The van der Waals surface area contributed by atoms with E-state index in [2.05, 4.69) is 26.8 Å². The van der Waals surface area contributed by atoms with Crippen LogP contribution in [0.2, 0.25) is 0 Å². The molecule has 0 aromatic carbocycles. The summed E-state index contributed by atoms with van der Waals surface area (Å²) in [6.45, 7) is 7.47. The third-order valence-electron chi connectivity index (χ3n) is 3.96. The number of imidazole rings is 1. The van der Waals surface area contributed by atoms with E-state index in [-0.39, 0.29) is 0 Å². The zero-order chi connectivity index (χ0) is 13.9. The summed E-state index contributed by atoms with van der Waals surface area (Å²) in [5, 5.41) is 8.47. The average molecular weight is 275 g/mol. The fraction of sp³-hybridized carbons (Fsp3) is 0.643. The Kier molecular flexibility index (Phi) is 3.82. The first-order chi connectivity index (χ1) is 9.72. The van der Waals surface area contributed by atoms with Gasteiger partial charge in [0.1, 0.15) is 5.69 Å². The lowest BCUT2D eigenvalue weighted by Gasteiger charge is -2.21. The van der Waals surface area contributed by atoms with Crippen molar-refractivity contribution >= 4 is 0 Å². The molecule has 3 heterocycles. The normalized spacial score (nSPS) is 19.4. The van der Waals surface area contributed by atoms with Crippen molar-refractivity contribution in [1.82, 2.24) is 24.5 Å². The number of aromatic nitrogens is 5. The Balaban J connectivity index is 1.63. The smallest absolute Gasteiger partial charge is 0.102 e. The fourth-order valence-corrected chi connectivity index (χ4v) is 2.59. The Hall–Kier alpha value is -1.69. The van der Waals surface area contributed by atoms with Crippen LogP contribution in [-0.4, -0.2) is 37.8 Å². The molecule has 0 aliphatic carbocycles. The Bertz CT molecular complexity index is 568. The number of hydrogen-bond acceptors (Lipinski definition) is 4. The maximum absolute atomic E-state index is 5.50. The maximum Gasteiger partial charge on any atom is 0.102 e. The van der Waals surface area contributed by atoms with Gasteiger partial charge < -0.3 is 9.30 Å². The summed E-state index contributed by atoms with van der Waals surface area (Å²) < 4.78 is 9.54. The fourth-order valence-electron chi connectivity index (χ4n) is 2.59. The van der Waals surface area contributed by atoms with Crippen molar-refractivity contribution in [2.24, 2.45) is 5.92 Å². The van der Waals surface area contributed by atoms with Gasteiger partial charge >= 0.3 is 0 Å². The second kappa shape index (κ2) is 5.75. The maximum atomic E-state index is 5.50. The van der Waals surface area contributed by atoms with Crippen LogP contribution in [-0.2, 0) is 17.8 Å². The van der Waals surface area contributed by atoms with Crippen LogP contribution >= 0.6 is 0 Å². The minimum absolute atomic E-state index is 0.565. The van der Waals surface area contributed by atoms with Crippen LogP contribution in [0.1, 0.15) is 29.9 Å². The summed E-state index contributed by atoms with van der Waals surface area (Å²) in [7, 11) is 0. The van der Waals surface area contributed by atoms with E-state index in [4.69, 9.17) is 4.74 Å². The number of aryl methyl sites for hydroxylation is 1. The van der Waals surface area contributed by atoms with Crippen molar-refractivity contribution in [3.05, 3.63) is 29.6 Å². The van der Waals surface area contributed by atoms with Crippen molar-refractivity contribution in [1.29, 1.82) is 0 Å². The molecule has 1 atom stereocenters. The highest BCUT2D eigenvalue weighted by Gasteiger charge is 2.15. The van der Waals surface area contributed by atoms with Gasteiger partial charge in [-0.15, -0.1) is 5.10 Å². The lowest BCUT2D eigenvalue weighted by atomic mass is 10.0. The summed E-state index contributed by atoms with van der Waals surface area (Å²) in [4.78, 5) is 4.30. The van der Waals surface area contributed by atoms with Crippen LogP contribution in [0.5, 0.6) is 0 Å². The summed E-state index contributed by atoms with van der Waals surface area (Å²) >= 11 is 0. The molecule has 0 bridgehead atoms. The zero-order valence-corrected chi connectivity index (χ0v) is 12.1. The lowest BCUT2D eigenvalue weighted by molar-refractivity contribution is 0.0468. The molecule has 1 aliphatic rings. The molecule has 1 unspecified atom stereocenters. The molecule has 6 heteroatoms. The highest BCUT2D eigenvalue weighted by molar-refractivity contribution is 5.10. The third kappa shape index (κ3) is 2.90. The van der Waals surface area contributed by atoms with Crippen LogP contribution in [0, 0.1) is 19.8 Å². The van der Waals surface area contributed by atoms with Crippen LogP contribution in [0.25, 0.3) is 0 Å². The van der Waals surface area contributed by atoms with Gasteiger partial charge in [0, 0.05) is 24.8 Å². The predicted octanol–water partition coefficient (Wildman–Crippen LogP) is 1.57. The Labute approximate surface area is 118 Å². The molecular formula is C14H21N5O. The van der Waals surface area contributed by atoms with Crippen LogP contribution in [0.4, 0.5) is 0 Å². The molecule has 1 saturated heterocycles. The topological polar surface area (TPSA) is 57.8 Å². The van der Waals surface area contributed by atoms with E-state index in [1.54, 1.807) is 0 Å². The van der Waals surface area contributed by atoms with E-state index >= 15 is 0 Å². The molecule has 0 N–H and O–H groups in total. The molecule has 0 spiro atoms. The van der Waals surface area contributed by atoms with Crippen LogP contribution in [0.15, 0.2) is 12.5 Å². The van der Waals surface area contributed by atoms with Gasteiger partial charge in [0.2, 0.25) is 0 Å². The zero-order valence-electron chi connectivity index (χ0n) is 12.1. The van der Waals surface area contributed by atoms with Gasteiger partial charge in [-0.3, -0.25) is 4.68 Å². The number of hydrogen-bond donors (Lipinski definition) is 0. The Morgan fingerprint density at radius 3 is 3.00 bits per heavy atom. The quantitative estimate of drug-likeness (QED) is 0.850. The minimum Gasteiger partial charge on any atom is -0.381 e. The van der Waals surface area contributed by atoms with E-state index in [0.717, 1.165) is 44.1 Å². The second-order valence-electron chi connectivity index (χ2n) is 5.56. The molecule has 108 valence electrons. The summed E-state index contributed by atoms with van der Waals surface area (Å²) in [6.07, 6.45) is 6.26. The van der Waals surface area contributed by atoms with Crippen LogP contribution < -0.4 is 0 Å². The van der Waals surface area contributed by atoms with Gasteiger partial charge in [-0.1, -0.05) is 5.21 Å². The van der Waals surface area contributed by atoms with E-state index < -0.39 is 0 Å². The second-order valence-corrected chi connectivity index (χ2v) is 5.56. The summed E-state index contributed by atoms with van der Waals surface area (Å²) in [6, 6.07) is 0. The minimum atomic E-state index is 0.565.